The molecule has 1 aliphatic rings. The Balaban J connectivity index is 1.61. The fourth-order valence-corrected chi connectivity index (χ4v) is 3.78. The fourth-order valence-electron chi connectivity index (χ4n) is 3.78. The van der Waals surface area contributed by atoms with Gasteiger partial charge in [-0.2, -0.15) is 0 Å². The van der Waals surface area contributed by atoms with E-state index < -0.39 is 30.0 Å². The van der Waals surface area contributed by atoms with Crippen LogP contribution in [-0.4, -0.2) is 42.4 Å². The second kappa shape index (κ2) is 7.23. The van der Waals surface area contributed by atoms with E-state index in [-0.39, 0.29) is 29.8 Å². The SMILES string of the molecule is CC(C)(O)c1nc(CF)c(C(=O)N2CCc3[nH]cnc3[C@H]2c2nc3cc(F)ccc3o2)o1. The number of amides is 1. The molecule has 1 aromatic carbocycles. The van der Waals surface area contributed by atoms with E-state index in [0.717, 1.165) is 5.69 Å². The maximum Gasteiger partial charge on any atom is 0.292 e. The molecule has 4 heterocycles. The third kappa shape index (κ3) is 3.25. The molecule has 0 spiro atoms. The van der Waals surface area contributed by atoms with E-state index in [1.54, 1.807) is 0 Å². The first kappa shape index (κ1) is 20.3. The number of hydrogen-bond acceptors (Lipinski definition) is 7. The van der Waals surface area contributed by atoms with Crippen molar-refractivity contribution in [3.63, 3.8) is 0 Å². The summed E-state index contributed by atoms with van der Waals surface area (Å²) in [5, 5.41) is 10.2. The van der Waals surface area contributed by atoms with Gasteiger partial charge in [0.05, 0.1) is 12.0 Å². The number of imidazole rings is 1. The highest BCUT2D eigenvalue weighted by molar-refractivity contribution is 5.93. The van der Waals surface area contributed by atoms with Crippen LogP contribution in [0.2, 0.25) is 0 Å². The number of nitrogens with one attached hydrogen (secondary N) is 1. The lowest BCUT2D eigenvalue weighted by atomic mass is 10.0. The Morgan fingerprint density at radius 3 is 2.91 bits per heavy atom. The third-order valence-electron chi connectivity index (χ3n) is 5.33. The number of halogens is 2. The third-order valence-corrected chi connectivity index (χ3v) is 5.33. The van der Waals surface area contributed by atoms with Crippen molar-refractivity contribution >= 4 is 17.0 Å². The molecule has 0 saturated carbocycles. The van der Waals surface area contributed by atoms with Gasteiger partial charge in [0.1, 0.15) is 29.3 Å². The molecular weight excluding hydrogens is 424 g/mol. The average molecular weight is 443 g/mol. The Bertz CT molecular complexity index is 1320. The largest absolute Gasteiger partial charge is 0.438 e. The van der Waals surface area contributed by atoms with Gasteiger partial charge in [0, 0.05) is 24.7 Å². The molecule has 11 heteroatoms. The molecule has 0 aliphatic carbocycles. The van der Waals surface area contributed by atoms with Crippen LogP contribution >= 0.6 is 0 Å². The van der Waals surface area contributed by atoms with Gasteiger partial charge in [-0.15, -0.1) is 0 Å². The first-order valence-electron chi connectivity index (χ1n) is 9.94. The molecule has 5 rings (SSSR count). The van der Waals surface area contributed by atoms with E-state index in [4.69, 9.17) is 8.83 Å². The summed E-state index contributed by atoms with van der Waals surface area (Å²) in [5.74, 6) is -1.46. The highest BCUT2D eigenvalue weighted by atomic mass is 19.1. The smallest absolute Gasteiger partial charge is 0.292 e. The monoisotopic (exact) mass is 443 g/mol. The van der Waals surface area contributed by atoms with E-state index >= 15 is 0 Å². The Labute approximate surface area is 180 Å². The van der Waals surface area contributed by atoms with E-state index in [2.05, 4.69) is 19.9 Å². The molecule has 0 bridgehead atoms. The summed E-state index contributed by atoms with van der Waals surface area (Å²) in [7, 11) is 0. The molecule has 0 saturated heterocycles. The number of rotatable bonds is 4. The van der Waals surface area contributed by atoms with Crippen LogP contribution in [0.4, 0.5) is 8.78 Å². The molecule has 1 aliphatic heterocycles. The van der Waals surface area contributed by atoms with Crippen LogP contribution in [0.5, 0.6) is 0 Å². The average Bonchev–Trinajstić information content (AvgIpc) is 3.48. The fraction of sp³-hybridized carbons (Fsp3) is 0.333. The molecule has 1 atom stereocenters. The lowest BCUT2D eigenvalue weighted by Crippen LogP contribution is -2.41. The second-order valence-electron chi connectivity index (χ2n) is 8.07. The lowest BCUT2D eigenvalue weighted by molar-refractivity contribution is 0.0436. The van der Waals surface area contributed by atoms with Crippen molar-refractivity contribution < 1.29 is 27.5 Å². The summed E-state index contributed by atoms with van der Waals surface area (Å²) in [6.45, 7) is 2.03. The van der Waals surface area contributed by atoms with Crippen LogP contribution in [0.25, 0.3) is 11.1 Å². The minimum atomic E-state index is -1.50. The number of aromatic amines is 1. The molecule has 3 aromatic heterocycles. The number of alkyl halides is 1. The molecule has 0 unspecified atom stereocenters. The molecule has 4 aromatic rings. The van der Waals surface area contributed by atoms with Crippen molar-refractivity contribution in [2.45, 2.75) is 38.6 Å². The van der Waals surface area contributed by atoms with E-state index in [1.807, 2.05) is 0 Å². The summed E-state index contributed by atoms with van der Waals surface area (Å²) < 4.78 is 38.6. The van der Waals surface area contributed by atoms with Gasteiger partial charge in [-0.3, -0.25) is 4.79 Å². The van der Waals surface area contributed by atoms with Crippen molar-refractivity contribution in [3.8, 4) is 0 Å². The standard InChI is InChI=1S/C21H19F2N5O4/c1-21(2,30)20-27-13(8-22)17(32-20)19(29)28-6-5-11-15(25-9-24-11)16(28)18-26-12-7-10(23)3-4-14(12)31-18/h3-4,7,9,16,30H,5-6,8H2,1-2H3,(H,24,25)/t16-/m0/s1. The Hall–Kier alpha value is -3.60. The van der Waals surface area contributed by atoms with Gasteiger partial charge < -0.3 is 23.8 Å². The van der Waals surface area contributed by atoms with Gasteiger partial charge in [0.2, 0.25) is 17.5 Å². The first-order valence-corrected chi connectivity index (χ1v) is 9.94. The normalized spacial score (nSPS) is 16.5. The molecule has 166 valence electrons. The molecule has 1 amide bonds. The van der Waals surface area contributed by atoms with Crippen molar-refractivity contribution in [1.82, 2.24) is 24.8 Å². The van der Waals surface area contributed by atoms with E-state index in [0.29, 0.717) is 23.2 Å². The summed E-state index contributed by atoms with van der Waals surface area (Å²) in [6.07, 6.45) is 1.96. The Morgan fingerprint density at radius 2 is 2.16 bits per heavy atom. The van der Waals surface area contributed by atoms with Gasteiger partial charge in [0.25, 0.3) is 5.91 Å². The number of oxazole rings is 2. The summed E-state index contributed by atoms with van der Waals surface area (Å²) in [6, 6.07) is 3.09. The van der Waals surface area contributed by atoms with Crippen LogP contribution < -0.4 is 0 Å². The molecule has 2 N–H and O–H groups in total. The second-order valence-corrected chi connectivity index (χ2v) is 8.07. The number of carbonyl (C=O) groups is 1. The number of hydrogen-bond donors (Lipinski definition) is 2. The van der Waals surface area contributed by atoms with Gasteiger partial charge in [-0.25, -0.2) is 23.7 Å². The highest BCUT2D eigenvalue weighted by Crippen LogP contribution is 2.36. The van der Waals surface area contributed by atoms with Crippen LogP contribution in [0.1, 0.15) is 59.3 Å². The van der Waals surface area contributed by atoms with Crippen molar-refractivity contribution in [1.29, 1.82) is 0 Å². The first-order chi connectivity index (χ1) is 15.3. The number of nitrogens with zero attached hydrogens (tertiary/aromatic N) is 4. The zero-order valence-corrected chi connectivity index (χ0v) is 17.2. The van der Waals surface area contributed by atoms with Gasteiger partial charge in [-0.05, 0) is 26.0 Å². The minimum absolute atomic E-state index is 0.135. The van der Waals surface area contributed by atoms with Crippen molar-refractivity contribution in [2.75, 3.05) is 6.54 Å². The zero-order chi connectivity index (χ0) is 22.6. The van der Waals surface area contributed by atoms with Crippen LogP contribution in [-0.2, 0) is 18.7 Å². The minimum Gasteiger partial charge on any atom is -0.438 e. The number of fused-ring (bicyclic) bond motifs is 2. The Morgan fingerprint density at radius 1 is 1.34 bits per heavy atom. The quantitative estimate of drug-likeness (QED) is 0.497. The van der Waals surface area contributed by atoms with Gasteiger partial charge >= 0.3 is 0 Å². The number of carbonyl (C=O) groups excluding carboxylic acids is 1. The summed E-state index contributed by atoms with van der Waals surface area (Å²) in [4.78, 5) is 30.6. The zero-order valence-electron chi connectivity index (χ0n) is 17.2. The molecule has 32 heavy (non-hydrogen) atoms. The van der Waals surface area contributed by atoms with Crippen LogP contribution in [0.3, 0.4) is 0 Å². The van der Waals surface area contributed by atoms with E-state index in [9.17, 15) is 18.7 Å². The number of benzene rings is 1. The Kier molecular flexibility index (Phi) is 4.59. The van der Waals surface area contributed by atoms with Gasteiger partial charge in [-0.1, -0.05) is 0 Å². The van der Waals surface area contributed by atoms with Crippen molar-refractivity contribution in [3.05, 3.63) is 65.0 Å². The molecule has 0 fully saturated rings. The summed E-state index contributed by atoms with van der Waals surface area (Å²) >= 11 is 0. The predicted octanol–water partition coefficient (Wildman–Crippen LogP) is 3.16. The summed E-state index contributed by atoms with van der Waals surface area (Å²) in [5.41, 5.74) is 0.254. The highest BCUT2D eigenvalue weighted by Gasteiger charge is 2.40. The topological polar surface area (TPSA) is 121 Å². The van der Waals surface area contributed by atoms with Crippen LogP contribution in [0.15, 0.2) is 33.4 Å². The van der Waals surface area contributed by atoms with Gasteiger partial charge in [0.15, 0.2) is 11.6 Å². The molecular formula is C21H19F2N5O4. The van der Waals surface area contributed by atoms with Crippen LogP contribution in [0, 0.1) is 5.82 Å². The lowest BCUT2D eigenvalue weighted by Gasteiger charge is -2.32. The number of aliphatic hydroxyl groups is 1. The van der Waals surface area contributed by atoms with E-state index in [1.165, 1.54) is 43.3 Å². The molecule has 9 nitrogen and oxygen atoms in total. The predicted molar refractivity (Wildman–Crippen MR) is 106 cm³/mol. The number of aromatic nitrogens is 4. The van der Waals surface area contributed by atoms with Crippen molar-refractivity contribution in [2.24, 2.45) is 0 Å². The number of H-pyrrole nitrogens is 1. The maximum atomic E-state index is 13.6. The maximum absolute atomic E-state index is 13.6. The molecule has 0 radical (unpaired) electrons.